The summed E-state index contributed by atoms with van der Waals surface area (Å²) >= 11 is 0. The van der Waals surface area contributed by atoms with Gasteiger partial charge in [-0.2, -0.15) is 0 Å². The molecule has 0 rings (SSSR count). The molecule has 2 amide bonds. The van der Waals surface area contributed by atoms with Gasteiger partial charge in [-0.05, 0) is 0 Å². The minimum absolute atomic E-state index is 0. The quantitative estimate of drug-likeness (QED) is 0.471. The molecule has 0 atom stereocenters. The van der Waals surface area contributed by atoms with E-state index in [9.17, 15) is 14.4 Å². The van der Waals surface area contributed by atoms with Gasteiger partial charge < -0.3 is 21.1 Å². The minimum Gasteiger partial charge on any atom is -0.468 e. The Morgan fingerprint density at radius 3 is 2.13 bits per heavy atom. The largest absolute Gasteiger partial charge is 0.468 e. The van der Waals surface area contributed by atoms with Crippen molar-refractivity contribution in [2.45, 2.75) is 0 Å². The molecule has 0 aromatic rings. The first-order valence-corrected chi connectivity index (χ1v) is 3.90. The number of carbonyl (C=O) groups excluding carboxylic acids is 3. The van der Waals surface area contributed by atoms with Crippen molar-refractivity contribution in [1.29, 1.82) is 0 Å². The molecule has 0 aliphatic carbocycles. The van der Waals surface area contributed by atoms with Crippen molar-refractivity contribution < 1.29 is 19.1 Å². The number of nitrogens with two attached hydrogens (primary N) is 1. The highest BCUT2D eigenvalue weighted by atomic mass is 35.5. The highest BCUT2D eigenvalue weighted by Gasteiger charge is 2.05. The van der Waals surface area contributed by atoms with Gasteiger partial charge in [-0.15, -0.1) is 12.4 Å². The Kier molecular flexibility index (Phi) is 9.90. The molecule has 7 nitrogen and oxygen atoms in total. The molecule has 0 saturated carbocycles. The molecule has 0 aromatic carbocycles. The zero-order valence-corrected chi connectivity index (χ0v) is 9.06. The van der Waals surface area contributed by atoms with Crippen LogP contribution < -0.4 is 16.4 Å². The van der Waals surface area contributed by atoms with Gasteiger partial charge in [-0.3, -0.25) is 14.4 Å². The van der Waals surface area contributed by atoms with Gasteiger partial charge in [0.05, 0.1) is 20.2 Å². The van der Waals surface area contributed by atoms with Crippen LogP contribution in [0.25, 0.3) is 0 Å². The van der Waals surface area contributed by atoms with E-state index in [2.05, 4.69) is 15.4 Å². The van der Waals surface area contributed by atoms with Crippen LogP contribution in [-0.2, 0) is 19.1 Å². The molecule has 0 saturated heterocycles. The number of ether oxygens (including phenoxy) is 1. The van der Waals surface area contributed by atoms with Crippen LogP contribution >= 0.6 is 12.4 Å². The molecule has 88 valence electrons. The summed E-state index contributed by atoms with van der Waals surface area (Å²) in [6.45, 7) is -0.592. The van der Waals surface area contributed by atoms with Crippen LogP contribution in [-0.4, -0.2) is 44.5 Å². The molecular weight excluding hydrogens is 226 g/mol. The van der Waals surface area contributed by atoms with Crippen molar-refractivity contribution in [1.82, 2.24) is 10.6 Å². The maximum atomic E-state index is 10.9. The van der Waals surface area contributed by atoms with Gasteiger partial charge in [0.15, 0.2) is 0 Å². The highest BCUT2D eigenvalue weighted by Crippen LogP contribution is 1.71. The Morgan fingerprint density at radius 2 is 1.67 bits per heavy atom. The molecule has 0 fully saturated rings. The van der Waals surface area contributed by atoms with E-state index in [1.54, 1.807) is 0 Å². The molecule has 0 spiro atoms. The van der Waals surface area contributed by atoms with Crippen molar-refractivity contribution in [2.75, 3.05) is 26.7 Å². The van der Waals surface area contributed by atoms with Gasteiger partial charge >= 0.3 is 5.97 Å². The zero-order chi connectivity index (χ0) is 11.0. The summed E-state index contributed by atoms with van der Waals surface area (Å²) in [6.07, 6.45) is 0. The third-order valence-corrected chi connectivity index (χ3v) is 1.29. The van der Waals surface area contributed by atoms with E-state index in [0.29, 0.717) is 0 Å². The molecule has 0 aliphatic heterocycles. The van der Waals surface area contributed by atoms with Crippen LogP contribution in [0.3, 0.4) is 0 Å². The number of rotatable bonds is 5. The van der Waals surface area contributed by atoms with Crippen molar-refractivity contribution in [3.63, 3.8) is 0 Å². The normalized spacial score (nSPS) is 8.40. The number of amides is 2. The molecule has 0 radical (unpaired) electrons. The standard InChI is InChI=1S/C7H13N3O4.ClH/c1-14-7(13)4-10-6(12)3-9-5(11)2-8;/h2-4,8H2,1H3,(H,9,11)(H,10,12);1H. The van der Waals surface area contributed by atoms with Crippen molar-refractivity contribution in [3.05, 3.63) is 0 Å². The summed E-state index contributed by atoms with van der Waals surface area (Å²) in [7, 11) is 1.21. The molecule has 0 aliphatic rings. The molecule has 0 aromatic heterocycles. The third kappa shape index (κ3) is 8.98. The summed E-state index contributed by atoms with van der Waals surface area (Å²) < 4.78 is 4.29. The van der Waals surface area contributed by atoms with Gasteiger partial charge in [0, 0.05) is 0 Å². The number of halogens is 1. The number of hydrogen-bond donors (Lipinski definition) is 3. The minimum atomic E-state index is -0.552. The van der Waals surface area contributed by atoms with Crippen molar-refractivity contribution >= 4 is 30.2 Å². The van der Waals surface area contributed by atoms with Gasteiger partial charge in [0.25, 0.3) is 0 Å². The Hall–Kier alpha value is -1.34. The number of hydrogen-bond acceptors (Lipinski definition) is 5. The van der Waals surface area contributed by atoms with E-state index in [0.717, 1.165) is 0 Å². The van der Waals surface area contributed by atoms with E-state index in [1.165, 1.54) is 7.11 Å². The molecule has 0 bridgehead atoms. The first kappa shape index (κ1) is 16.1. The molecular formula is C7H14ClN3O4. The lowest BCUT2D eigenvalue weighted by Gasteiger charge is -2.04. The Balaban J connectivity index is 0. The molecule has 4 N–H and O–H groups in total. The lowest BCUT2D eigenvalue weighted by atomic mass is 10.5. The second kappa shape index (κ2) is 9.22. The van der Waals surface area contributed by atoms with Crippen LogP contribution in [0.15, 0.2) is 0 Å². The average Bonchev–Trinajstić information content (AvgIpc) is 2.22. The first-order chi connectivity index (χ1) is 6.60. The van der Waals surface area contributed by atoms with Crippen molar-refractivity contribution in [3.8, 4) is 0 Å². The Labute approximate surface area is 93.1 Å². The summed E-state index contributed by atoms with van der Waals surface area (Å²) in [5, 5.41) is 4.49. The van der Waals surface area contributed by atoms with E-state index < -0.39 is 17.8 Å². The van der Waals surface area contributed by atoms with Crippen LogP contribution in [0.2, 0.25) is 0 Å². The predicted molar refractivity (Wildman–Crippen MR) is 54.3 cm³/mol. The van der Waals surface area contributed by atoms with Gasteiger partial charge in [0.2, 0.25) is 11.8 Å². The van der Waals surface area contributed by atoms with Gasteiger partial charge in [-0.25, -0.2) is 0 Å². The lowest BCUT2D eigenvalue weighted by Crippen LogP contribution is -2.41. The molecule has 15 heavy (non-hydrogen) atoms. The van der Waals surface area contributed by atoms with E-state index in [-0.39, 0.29) is 32.0 Å². The maximum absolute atomic E-state index is 10.9. The Bertz CT molecular complexity index is 212. The smallest absolute Gasteiger partial charge is 0.325 e. The van der Waals surface area contributed by atoms with Gasteiger partial charge in [0.1, 0.15) is 6.54 Å². The van der Waals surface area contributed by atoms with E-state index in [1.807, 2.05) is 0 Å². The Morgan fingerprint density at radius 1 is 1.13 bits per heavy atom. The van der Waals surface area contributed by atoms with Crippen LogP contribution in [0.5, 0.6) is 0 Å². The summed E-state index contributed by atoms with van der Waals surface area (Å²) in [5.41, 5.74) is 4.98. The monoisotopic (exact) mass is 239 g/mol. The topological polar surface area (TPSA) is 111 Å². The average molecular weight is 240 g/mol. The SMILES string of the molecule is COC(=O)CNC(=O)CNC(=O)CN.Cl. The second-order valence-corrected chi connectivity index (χ2v) is 2.33. The zero-order valence-electron chi connectivity index (χ0n) is 8.24. The fourth-order valence-electron chi connectivity index (χ4n) is 0.556. The number of nitrogens with one attached hydrogen (secondary N) is 2. The summed E-state index contributed by atoms with van der Waals surface area (Å²) in [4.78, 5) is 32.1. The number of carbonyl (C=O) groups is 3. The van der Waals surface area contributed by atoms with Crippen LogP contribution in [0.1, 0.15) is 0 Å². The van der Waals surface area contributed by atoms with E-state index >= 15 is 0 Å². The summed E-state index contributed by atoms with van der Waals surface area (Å²) in [6, 6.07) is 0. The number of methoxy groups -OCH3 is 1. The van der Waals surface area contributed by atoms with E-state index in [4.69, 9.17) is 5.73 Å². The van der Waals surface area contributed by atoms with Crippen molar-refractivity contribution in [2.24, 2.45) is 5.73 Å². The maximum Gasteiger partial charge on any atom is 0.325 e. The third-order valence-electron chi connectivity index (χ3n) is 1.29. The lowest BCUT2D eigenvalue weighted by molar-refractivity contribution is -0.141. The van der Waals surface area contributed by atoms with Gasteiger partial charge in [-0.1, -0.05) is 0 Å². The highest BCUT2D eigenvalue weighted by molar-refractivity contribution is 5.87. The van der Waals surface area contributed by atoms with Crippen LogP contribution in [0.4, 0.5) is 0 Å². The predicted octanol–water partition coefficient (Wildman–Crippen LogP) is -2.23. The fourth-order valence-corrected chi connectivity index (χ4v) is 0.556. The fraction of sp³-hybridized carbons (Fsp3) is 0.571. The first-order valence-electron chi connectivity index (χ1n) is 3.90. The molecule has 0 heterocycles. The second-order valence-electron chi connectivity index (χ2n) is 2.33. The molecule has 0 unspecified atom stereocenters. The number of esters is 1. The summed E-state index contributed by atoms with van der Waals surface area (Å²) in [5.74, 6) is -1.46. The van der Waals surface area contributed by atoms with Crippen LogP contribution in [0, 0.1) is 0 Å². The molecule has 8 heteroatoms.